The van der Waals surface area contributed by atoms with Gasteiger partial charge < -0.3 is 9.84 Å². The summed E-state index contributed by atoms with van der Waals surface area (Å²) in [5.74, 6) is 0.300. The van der Waals surface area contributed by atoms with E-state index in [1.807, 2.05) is 0 Å². The molecule has 0 fully saturated rings. The maximum Gasteiger partial charge on any atom is 0.236 e. The molecule has 3 nitrogen and oxygen atoms in total. The molecule has 0 radical (unpaired) electrons. The van der Waals surface area contributed by atoms with Crippen molar-refractivity contribution in [1.82, 2.24) is 0 Å². The lowest BCUT2D eigenvalue weighted by Gasteiger charge is -2.03. The lowest BCUT2D eigenvalue weighted by atomic mass is 10.2. The zero-order chi connectivity index (χ0) is 8.97. The van der Waals surface area contributed by atoms with Crippen LogP contribution in [0.4, 0.5) is 0 Å². The van der Waals surface area contributed by atoms with Crippen molar-refractivity contribution in [2.45, 2.75) is 0 Å². The van der Waals surface area contributed by atoms with Crippen LogP contribution in [-0.4, -0.2) is 18.1 Å². The van der Waals surface area contributed by atoms with Crippen molar-refractivity contribution < 1.29 is 9.84 Å². The third kappa shape index (κ3) is 1.68. The molecule has 0 bridgehead atoms. The number of aromatic hydroxyl groups is 1. The van der Waals surface area contributed by atoms with Gasteiger partial charge in [-0.25, -0.2) is 0 Å². The van der Waals surface area contributed by atoms with Crippen LogP contribution in [0.5, 0.6) is 5.75 Å². The highest BCUT2D eigenvalue weighted by Crippen LogP contribution is 2.17. The van der Waals surface area contributed by atoms with E-state index in [-0.39, 0.29) is 11.6 Å². The first-order chi connectivity index (χ1) is 5.79. The fraction of sp³-hybridized carbons (Fsp3) is 0.125. The number of para-hydroxylation sites is 1. The van der Waals surface area contributed by atoms with Gasteiger partial charge in [-0.3, -0.25) is 0 Å². The number of methoxy groups -OCH3 is 1. The van der Waals surface area contributed by atoms with Gasteiger partial charge in [-0.05, 0) is 12.1 Å². The van der Waals surface area contributed by atoms with E-state index in [0.29, 0.717) is 5.56 Å². The molecule has 0 amide bonds. The maximum absolute atomic E-state index is 9.32. The highest BCUT2D eigenvalue weighted by molar-refractivity contribution is 6.21. The van der Waals surface area contributed by atoms with Gasteiger partial charge in [-0.1, -0.05) is 12.1 Å². The molecule has 0 aliphatic rings. The lowest BCUT2D eigenvalue weighted by molar-refractivity contribution is 0.401. The summed E-state index contributed by atoms with van der Waals surface area (Å²) in [4.78, 5) is 0. The fourth-order valence-electron chi connectivity index (χ4n) is 0.844. The number of phenolic OH excluding ortho intramolecular Hbond substituents is 1. The maximum atomic E-state index is 9.32. The molecule has 1 aromatic rings. The average Bonchev–Trinajstić information content (AvgIpc) is 2.10. The summed E-state index contributed by atoms with van der Waals surface area (Å²) in [6, 6.07) is 6.67. The number of benzene rings is 1. The first-order valence-corrected chi connectivity index (χ1v) is 3.64. The minimum atomic E-state index is 0.0961. The minimum Gasteiger partial charge on any atom is -0.507 e. The zero-order valence-electron chi connectivity index (χ0n) is 6.49. The van der Waals surface area contributed by atoms with Crippen molar-refractivity contribution in [2.24, 2.45) is 4.51 Å². The summed E-state index contributed by atoms with van der Waals surface area (Å²) in [5.41, 5.74) is 0.481. The fourth-order valence-corrected chi connectivity index (χ4v) is 1.00. The largest absolute Gasteiger partial charge is 0.507 e. The van der Waals surface area contributed by atoms with Gasteiger partial charge in [0, 0.05) is 11.8 Å². The standard InChI is InChI=1S/C8H8ClNO2/c1-12-8(10-9)6-4-2-3-5-7(6)11/h2-5,11H,1H3. The van der Waals surface area contributed by atoms with Crippen molar-refractivity contribution in [3.8, 4) is 5.75 Å². The summed E-state index contributed by atoms with van der Waals surface area (Å²) in [7, 11) is 1.44. The molecule has 0 saturated carbocycles. The van der Waals surface area contributed by atoms with E-state index in [1.54, 1.807) is 18.2 Å². The second-order valence-electron chi connectivity index (χ2n) is 2.11. The van der Waals surface area contributed by atoms with Crippen molar-refractivity contribution >= 4 is 17.7 Å². The van der Waals surface area contributed by atoms with E-state index in [4.69, 9.17) is 16.5 Å². The topological polar surface area (TPSA) is 41.8 Å². The zero-order valence-corrected chi connectivity index (χ0v) is 7.25. The number of ether oxygens (including phenoxy) is 1. The quantitative estimate of drug-likeness (QED) is 0.537. The van der Waals surface area contributed by atoms with Gasteiger partial charge in [0.05, 0.1) is 12.7 Å². The Balaban J connectivity index is 3.10. The number of hydrogen-bond donors (Lipinski definition) is 1. The number of rotatable bonds is 1. The second kappa shape index (κ2) is 3.97. The van der Waals surface area contributed by atoms with E-state index >= 15 is 0 Å². The molecule has 1 N–H and O–H groups in total. The summed E-state index contributed by atoms with van der Waals surface area (Å²) < 4.78 is 8.17. The van der Waals surface area contributed by atoms with Crippen molar-refractivity contribution in [3.63, 3.8) is 0 Å². The molecule has 0 saturated heterocycles. The number of nitrogens with zero attached hydrogens (tertiary/aromatic N) is 1. The van der Waals surface area contributed by atoms with Gasteiger partial charge in [-0.2, -0.15) is 0 Å². The van der Waals surface area contributed by atoms with Gasteiger partial charge >= 0.3 is 0 Å². The van der Waals surface area contributed by atoms with Gasteiger partial charge in [0.1, 0.15) is 5.75 Å². The molecular weight excluding hydrogens is 178 g/mol. The van der Waals surface area contributed by atoms with Crippen LogP contribution in [0.3, 0.4) is 0 Å². The molecule has 64 valence electrons. The molecule has 0 aromatic heterocycles. The minimum absolute atomic E-state index is 0.0961. The number of phenols is 1. The summed E-state index contributed by atoms with van der Waals surface area (Å²) >= 11 is 5.23. The van der Waals surface area contributed by atoms with Crippen LogP contribution in [0.2, 0.25) is 0 Å². The van der Waals surface area contributed by atoms with Crippen LogP contribution in [0, 0.1) is 0 Å². The van der Waals surface area contributed by atoms with Crippen LogP contribution in [-0.2, 0) is 4.74 Å². The third-order valence-corrected chi connectivity index (χ3v) is 1.56. The highest BCUT2D eigenvalue weighted by Gasteiger charge is 2.06. The third-order valence-electron chi connectivity index (χ3n) is 1.40. The van der Waals surface area contributed by atoms with E-state index in [2.05, 4.69) is 4.51 Å². The molecule has 0 aliphatic heterocycles. The van der Waals surface area contributed by atoms with Gasteiger partial charge in [0.25, 0.3) is 0 Å². The van der Waals surface area contributed by atoms with E-state index < -0.39 is 0 Å². The highest BCUT2D eigenvalue weighted by atomic mass is 35.5. The molecule has 0 aliphatic carbocycles. The molecule has 4 heteroatoms. The predicted octanol–water partition coefficient (Wildman–Crippen LogP) is 1.94. The Hall–Kier alpha value is -1.22. The Labute approximate surface area is 75.4 Å². The first-order valence-electron chi connectivity index (χ1n) is 3.31. The lowest BCUT2D eigenvalue weighted by Crippen LogP contribution is -2.01. The van der Waals surface area contributed by atoms with Crippen molar-refractivity contribution in [1.29, 1.82) is 0 Å². The van der Waals surface area contributed by atoms with Crippen molar-refractivity contribution in [2.75, 3.05) is 7.11 Å². The molecular formula is C8H8ClNO2. The number of halogens is 1. The summed E-state index contributed by atoms with van der Waals surface area (Å²) in [6.45, 7) is 0. The van der Waals surface area contributed by atoms with Crippen LogP contribution in [0.25, 0.3) is 0 Å². The van der Waals surface area contributed by atoms with Gasteiger partial charge in [0.15, 0.2) is 0 Å². The molecule has 0 unspecified atom stereocenters. The van der Waals surface area contributed by atoms with Crippen LogP contribution >= 0.6 is 11.8 Å². The normalized spacial score (nSPS) is 11.3. The molecule has 0 atom stereocenters. The number of hydrogen-bond acceptors (Lipinski definition) is 3. The van der Waals surface area contributed by atoms with Gasteiger partial charge in [-0.15, -0.1) is 4.51 Å². The van der Waals surface area contributed by atoms with E-state index in [1.165, 1.54) is 13.2 Å². The summed E-state index contributed by atoms with van der Waals surface area (Å²) in [5, 5.41) is 9.32. The molecule has 12 heavy (non-hydrogen) atoms. The predicted molar refractivity (Wildman–Crippen MR) is 47.5 cm³/mol. The van der Waals surface area contributed by atoms with Crippen LogP contribution in [0.15, 0.2) is 28.8 Å². The smallest absolute Gasteiger partial charge is 0.236 e. The summed E-state index contributed by atoms with van der Waals surface area (Å²) in [6.07, 6.45) is 0. The van der Waals surface area contributed by atoms with Gasteiger partial charge in [0.2, 0.25) is 5.90 Å². The first kappa shape index (κ1) is 8.87. The van der Waals surface area contributed by atoms with Crippen molar-refractivity contribution in [3.05, 3.63) is 29.8 Å². The Kier molecular flexibility index (Phi) is 2.94. The Bertz CT molecular complexity index is 299. The average molecular weight is 186 g/mol. The van der Waals surface area contributed by atoms with Crippen LogP contribution < -0.4 is 0 Å². The molecule has 0 spiro atoms. The molecule has 0 heterocycles. The second-order valence-corrected chi connectivity index (χ2v) is 2.28. The van der Waals surface area contributed by atoms with E-state index in [0.717, 1.165) is 0 Å². The Morgan fingerprint density at radius 3 is 2.67 bits per heavy atom. The van der Waals surface area contributed by atoms with Crippen LogP contribution in [0.1, 0.15) is 5.56 Å². The molecule has 1 rings (SSSR count). The Morgan fingerprint density at radius 1 is 1.50 bits per heavy atom. The van der Waals surface area contributed by atoms with E-state index in [9.17, 15) is 5.11 Å². The molecule has 1 aromatic carbocycles. The SMILES string of the molecule is COC(=NCl)c1ccccc1O. The monoisotopic (exact) mass is 185 g/mol. The Morgan fingerprint density at radius 2 is 2.17 bits per heavy atom.